The van der Waals surface area contributed by atoms with E-state index in [-0.39, 0.29) is 29.1 Å². The molecule has 1 aliphatic rings. The molecule has 10 nitrogen and oxygen atoms in total. The highest BCUT2D eigenvalue weighted by Gasteiger charge is 2.38. The smallest absolute Gasteiger partial charge is 0.416 e. The minimum Gasteiger partial charge on any atom is -0.444 e. The van der Waals surface area contributed by atoms with Crippen LogP contribution in [0.1, 0.15) is 39.2 Å². The fourth-order valence-electron chi connectivity index (χ4n) is 5.20. The van der Waals surface area contributed by atoms with Gasteiger partial charge in [0.15, 0.2) is 6.10 Å². The van der Waals surface area contributed by atoms with Crippen LogP contribution in [0.2, 0.25) is 0 Å². The van der Waals surface area contributed by atoms with E-state index in [1.807, 2.05) is 20.8 Å². The maximum Gasteiger partial charge on any atom is 0.416 e. The average Bonchev–Trinajstić information content (AvgIpc) is 3.01. The number of aromatic nitrogens is 3. The zero-order valence-corrected chi connectivity index (χ0v) is 26.4. The first kappa shape index (κ1) is 33.6. The second-order valence-corrected chi connectivity index (χ2v) is 12.3. The zero-order valence-electron chi connectivity index (χ0n) is 26.4. The van der Waals surface area contributed by atoms with Crippen molar-refractivity contribution < 1.29 is 36.9 Å². The Kier molecular flexibility index (Phi) is 9.70. The first-order valence-corrected chi connectivity index (χ1v) is 15.1. The number of anilines is 2. The molecule has 2 aromatic heterocycles. The number of ether oxygens (including phenoxy) is 2. The van der Waals surface area contributed by atoms with Gasteiger partial charge in [0.1, 0.15) is 17.2 Å². The summed E-state index contributed by atoms with van der Waals surface area (Å²) in [5, 5.41) is 15.8. The Hall–Kier alpha value is -4.72. The van der Waals surface area contributed by atoms with Crippen molar-refractivity contribution in [2.75, 3.05) is 30.3 Å². The van der Waals surface area contributed by atoms with Crippen molar-refractivity contribution in [3.05, 3.63) is 66.2 Å². The van der Waals surface area contributed by atoms with Crippen LogP contribution in [-0.2, 0) is 4.74 Å². The Morgan fingerprint density at radius 1 is 1.09 bits per heavy atom. The number of nitrogens with one attached hydrogen (secondary N) is 2. The number of alkyl halides is 3. The quantitative estimate of drug-likeness (QED) is 0.171. The highest BCUT2D eigenvalue weighted by atomic mass is 19.4. The average molecular weight is 657 g/mol. The second-order valence-electron chi connectivity index (χ2n) is 12.3. The lowest BCUT2D eigenvalue weighted by molar-refractivity contribution is -0.198. The molecule has 2 aromatic carbocycles. The molecule has 0 saturated carbocycles. The van der Waals surface area contributed by atoms with Gasteiger partial charge in [-0.25, -0.2) is 24.1 Å². The number of pyridine rings is 1. The number of likely N-dealkylation sites (tertiary alicyclic amines) is 1. The molecule has 1 aliphatic heterocycles. The molecular formula is C33H36F4N6O4. The standard InChI is InChI=1S/C33H36F4N6O4/c1-19-9-10-21-22(11-12-24(34)27(21)40-17-26(44)33(35,36)37)28(19)46-29-23(8-5-14-38-29)25-13-15-39-30(42-25)41-20-7-6-16-43(18-20)31(45)47-32(2,3)4/h5,8-15,20,26,40,44H,6-7,16-18H2,1-4H3,(H,39,41,42)/t20-,26?/m0/s1. The van der Waals surface area contributed by atoms with Crippen LogP contribution in [0.25, 0.3) is 22.0 Å². The summed E-state index contributed by atoms with van der Waals surface area (Å²) in [5.74, 6) is 0.0712. The van der Waals surface area contributed by atoms with Crippen molar-refractivity contribution in [1.29, 1.82) is 0 Å². The Bertz CT molecular complexity index is 1750. The van der Waals surface area contributed by atoms with Crippen LogP contribution < -0.4 is 15.4 Å². The van der Waals surface area contributed by atoms with Crippen LogP contribution in [0.15, 0.2) is 54.9 Å². The molecule has 0 aliphatic carbocycles. The summed E-state index contributed by atoms with van der Waals surface area (Å²) in [6, 6.07) is 10.9. The number of rotatable bonds is 8. The lowest BCUT2D eigenvalue weighted by Gasteiger charge is -2.34. The third-order valence-electron chi connectivity index (χ3n) is 7.46. The van der Waals surface area contributed by atoms with Gasteiger partial charge in [0, 0.05) is 48.8 Å². The molecule has 1 fully saturated rings. The van der Waals surface area contributed by atoms with Gasteiger partial charge in [0.2, 0.25) is 11.8 Å². The van der Waals surface area contributed by atoms with Crippen molar-refractivity contribution in [2.24, 2.45) is 0 Å². The predicted molar refractivity (Wildman–Crippen MR) is 169 cm³/mol. The third-order valence-corrected chi connectivity index (χ3v) is 7.46. The number of carbonyl (C=O) groups excluding carboxylic acids is 1. The van der Waals surface area contributed by atoms with Crippen molar-refractivity contribution in [3.8, 4) is 22.9 Å². The summed E-state index contributed by atoms with van der Waals surface area (Å²) >= 11 is 0. The van der Waals surface area contributed by atoms with Crippen LogP contribution in [-0.4, -0.2) is 74.6 Å². The normalized spacial score (nSPS) is 16.1. The molecule has 4 aromatic rings. The SMILES string of the molecule is Cc1ccc2c(NCC(O)C(F)(F)F)c(F)ccc2c1Oc1ncccc1-c1ccnc(N[C@H]2CCCN(C(=O)OC(C)(C)C)C2)n1. The largest absolute Gasteiger partial charge is 0.444 e. The summed E-state index contributed by atoms with van der Waals surface area (Å²) in [6.45, 7) is 7.34. The summed E-state index contributed by atoms with van der Waals surface area (Å²) < 4.78 is 65.4. The summed E-state index contributed by atoms with van der Waals surface area (Å²) in [6.07, 6.45) is -3.19. The molecule has 3 heterocycles. The Morgan fingerprint density at radius 2 is 1.85 bits per heavy atom. The number of hydrogen-bond acceptors (Lipinski definition) is 9. The number of halogens is 4. The number of hydrogen-bond donors (Lipinski definition) is 3. The Morgan fingerprint density at radius 3 is 2.60 bits per heavy atom. The molecule has 1 saturated heterocycles. The fourth-order valence-corrected chi connectivity index (χ4v) is 5.20. The maximum atomic E-state index is 14.8. The van der Waals surface area contributed by atoms with E-state index in [0.717, 1.165) is 18.9 Å². The number of benzene rings is 2. The van der Waals surface area contributed by atoms with Gasteiger partial charge in [0.25, 0.3) is 0 Å². The maximum absolute atomic E-state index is 14.8. The molecule has 47 heavy (non-hydrogen) atoms. The number of aliphatic hydroxyl groups is 1. The van der Waals surface area contributed by atoms with E-state index in [9.17, 15) is 27.5 Å². The van der Waals surface area contributed by atoms with Crippen LogP contribution in [0, 0.1) is 12.7 Å². The number of amides is 1. The van der Waals surface area contributed by atoms with Crippen LogP contribution in [0.4, 0.5) is 34.0 Å². The monoisotopic (exact) mass is 656 g/mol. The molecule has 0 spiro atoms. The van der Waals surface area contributed by atoms with Crippen molar-refractivity contribution in [1.82, 2.24) is 19.9 Å². The van der Waals surface area contributed by atoms with Crippen molar-refractivity contribution in [2.45, 2.75) is 64.5 Å². The summed E-state index contributed by atoms with van der Waals surface area (Å²) in [4.78, 5) is 27.8. The molecule has 0 bridgehead atoms. The van der Waals surface area contributed by atoms with Gasteiger partial charge in [-0.3, -0.25) is 0 Å². The molecule has 1 amide bonds. The van der Waals surface area contributed by atoms with Gasteiger partial charge in [-0.05, 0) is 76.4 Å². The van der Waals surface area contributed by atoms with Crippen molar-refractivity contribution >= 4 is 28.5 Å². The van der Waals surface area contributed by atoms with E-state index in [4.69, 9.17) is 9.47 Å². The number of aryl methyl sites for hydroxylation is 1. The molecule has 250 valence electrons. The van der Waals surface area contributed by atoms with E-state index in [0.29, 0.717) is 47.0 Å². The highest BCUT2D eigenvalue weighted by molar-refractivity contribution is 5.99. The molecule has 3 N–H and O–H groups in total. The minimum atomic E-state index is -4.86. The number of nitrogens with zero attached hydrogens (tertiary/aromatic N) is 4. The van der Waals surface area contributed by atoms with Gasteiger partial charge in [-0.1, -0.05) is 12.1 Å². The van der Waals surface area contributed by atoms with E-state index in [1.165, 1.54) is 12.3 Å². The third kappa shape index (κ3) is 8.17. The minimum absolute atomic E-state index is 0.102. The van der Waals surface area contributed by atoms with Gasteiger partial charge in [0.05, 0.1) is 16.9 Å². The number of carbonyl (C=O) groups is 1. The number of aliphatic hydroxyl groups excluding tert-OH is 1. The topological polar surface area (TPSA) is 122 Å². The summed E-state index contributed by atoms with van der Waals surface area (Å²) in [5.41, 5.74) is 0.897. The molecular weight excluding hydrogens is 620 g/mol. The van der Waals surface area contributed by atoms with Crippen molar-refractivity contribution in [3.63, 3.8) is 0 Å². The highest BCUT2D eigenvalue weighted by Crippen LogP contribution is 2.39. The Labute approximate surface area is 269 Å². The van der Waals surface area contributed by atoms with Gasteiger partial charge in [-0.2, -0.15) is 13.2 Å². The van der Waals surface area contributed by atoms with Gasteiger partial charge < -0.3 is 30.1 Å². The van der Waals surface area contributed by atoms with Crippen LogP contribution >= 0.6 is 0 Å². The van der Waals surface area contributed by atoms with E-state index >= 15 is 0 Å². The van der Waals surface area contributed by atoms with Gasteiger partial charge >= 0.3 is 12.3 Å². The Balaban J connectivity index is 1.39. The molecule has 2 atom stereocenters. The second kappa shape index (κ2) is 13.6. The molecule has 14 heteroatoms. The van der Waals surface area contributed by atoms with E-state index in [1.54, 1.807) is 48.4 Å². The number of fused-ring (bicyclic) bond motifs is 1. The zero-order chi connectivity index (χ0) is 33.9. The lowest BCUT2D eigenvalue weighted by Crippen LogP contribution is -2.47. The molecule has 1 unspecified atom stereocenters. The predicted octanol–water partition coefficient (Wildman–Crippen LogP) is 7.08. The molecule has 5 rings (SSSR count). The van der Waals surface area contributed by atoms with E-state index < -0.39 is 30.2 Å². The fraction of sp³-hybridized carbons (Fsp3) is 0.394. The van der Waals surface area contributed by atoms with E-state index in [2.05, 4.69) is 25.6 Å². The first-order chi connectivity index (χ1) is 22.2. The molecule has 0 radical (unpaired) electrons. The van der Waals surface area contributed by atoms with Crippen LogP contribution in [0.5, 0.6) is 11.6 Å². The van der Waals surface area contributed by atoms with Gasteiger partial charge in [-0.15, -0.1) is 0 Å². The first-order valence-electron chi connectivity index (χ1n) is 15.1. The summed E-state index contributed by atoms with van der Waals surface area (Å²) in [7, 11) is 0. The lowest BCUT2D eigenvalue weighted by atomic mass is 10.0. The van der Waals surface area contributed by atoms with Crippen LogP contribution in [0.3, 0.4) is 0 Å². The number of piperidine rings is 1.